The van der Waals surface area contributed by atoms with Crippen LogP contribution in [0, 0.1) is 0 Å². The van der Waals surface area contributed by atoms with Crippen LogP contribution in [0.1, 0.15) is 11.1 Å². The maximum Gasteiger partial charge on any atom is 0.0729 e. The molecule has 2 rings (SSSR count). The molecule has 1 heterocycles. The molecule has 0 saturated heterocycles. The van der Waals surface area contributed by atoms with Crippen LogP contribution in [-0.2, 0) is 18.0 Å². The van der Waals surface area contributed by atoms with Crippen molar-refractivity contribution in [3.63, 3.8) is 0 Å². The standard InChI is InChI=1S/C12H13NOS/c13-12-3-1-10(2-4-12)7-14-8-11-5-6-15-9-11/h1-6,9H,7-8,13H2. The van der Waals surface area contributed by atoms with E-state index in [2.05, 4.69) is 16.8 Å². The van der Waals surface area contributed by atoms with E-state index in [0.717, 1.165) is 11.3 Å². The van der Waals surface area contributed by atoms with Crippen LogP contribution in [0.4, 0.5) is 5.69 Å². The molecular formula is C12H13NOS. The van der Waals surface area contributed by atoms with Gasteiger partial charge in [-0.15, -0.1) is 0 Å². The Morgan fingerprint density at radius 1 is 1.00 bits per heavy atom. The maximum atomic E-state index is 5.59. The lowest BCUT2D eigenvalue weighted by Gasteiger charge is -2.03. The van der Waals surface area contributed by atoms with Gasteiger partial charge in [-0.2, -0.15) is 11.3 Å². The lowest BCUT2D eigenvalue weighted by atomic mass is 10.2. The molecule has 15 heavy (non-hydrogen) atoms. The van der Waals surface area contributed by atoms with Crippen molar-refractivity contribution >= 4 is 17.0 Å². The highest BCUT2D eigenvalue weighted by Crippen LogP contribution is 2.10. The van der Waals surface area contributed by atoms with Gasteiger partial charge < -0.3 is 10.5 Å². The minimum absolute atomic E-state index is 0.635. The van der Waals surface area contributed by atoms with Crippen LogP contribution >= 0.6 is 11.3 Å². The summed E-state index contributed by atoms with van der Waals surface area (Å²) in [6.07, 6.45) is 0. The lowest BCUT2D eigenvalue weighted by Crippen LogP contribution is -1.93. The van der Waals surface area contributed by atoms with Crippen molar-refractivity contribution in [3.05, 3.63) is 52.2 Å². The van der Waals surface area contributed by atoms with E-state index < -0.39 is 0 Å². The Morgan fingerprint density at radius 2 is 1.73 bits per heavy atom. The summed E-state index contributed by atoms with van der Waals surface area (Å²) in [5.41, 5.74) is 8.77. The third kappa shape index (κ3) is 3.08. The van der Waals surface area contributed by atoms with Crippen LogP contribution < -0.4 is 5.73 Å². The Labute approximate surface area is 93.3 Å². The molecule has 0 aliphatic heterocycles. The minimum atomic E-state index is 0.635. The molecule has 1 aromatic carbocycles. The molecule has 2 aromatic rings. The molecule has 0 aliphatic rings. The van der Waals surface area contributed by atoms with Crippen molar-refractivity contribution in [3.8, 4) is 0 Å². The molecule has 0 unspecified atom stereocenters. The van der Waals surface area contributed by atoms with E-state index in [1.54, 1.807) is 11.3 Å². The number of ether oxygens (including phenoxy) is 1. The molecule has 0 saturated carbocycles. The van der Waals surface area contributed by atoms with E-state index in [0.29, 0.717) is 13.2 Å². The molecule has 1 aromatic heterocycles. The zero-order valence-corrected chi connectivity index (χ0v) is 9.17. The largest absolute Gasteiger partial charge is 0.399 e. The highest BCUT2D eigenvalue weighted by molar-refractivity contribution is 7.07. The average molecular weight is 219 g/mol. The number of benzene rings is 1. The second kappa shape index (κ2) is 4.96. The average Bonchev–Trinajstić information content (AvgIpc) is 2.74. The van der Waals surface area contributed by atoms with E-state index in [9.17, 15) is 0 Å². The number of anilines is 1. The van der Waals surface area contributed by atoms with Gasteiger partial charge in [0.1, 0.15) is 0 Å². The van der Waals surface area contributed by atoms with Crippen LogP contribution in [0.5, 0.6) is 0 Å². The first-order valence-electron chi connectivity index (χ1n) is 4.78. The number of hydrogen-bond acceptors (Lipinski definition) is 3. The zero-order valence-electron chi connectivity index (χ0n) is 8.35. The molecule has 0 fully saturated rings. The molecule has 0 radical (unpaired) electrons. The lowest BCUT2D eigenvalue weighted by molar-refractivity contribution is 0.107. The summed E-state index contributed by atoms with van der Waals surface area (Å²) in [4.78, 5) is 0. The number of rotatable bonds is 4. The molecule has 0 amide bonds. The normalized spacial score (nSPS) is 10.4. The molecular weight excluding hydrogens is 206 g/mol. The third-order valence-corrected chi connectivity index (χ3v) is 2.83. The maximum absolute atomic E-state index is 5.59. The second-order valence-electron chi connectivity index (χ2n) is 3.37. The fourth-order valence-corrected chi connectivity index (χ4v) is 1.93. The molecule has 3 heteroatoms. The predicted molar refractivity (Wildman–Crippen MR) is 63.7 cm³/mol. The monoisotopic (exact) mass is 219 g/mol. The number of thiophene rings is 1. The van der Waals surface area contributed by atoms with Crippen LogP contribution in [0.25, 0.3) is 0 Å². The second-order valence-corrected chi connectivity index (χ2v) is 4.15. The van der Waals surface area contributed by atoms with Gasteiger partial charge in [-0.25, -0.2) is 0 Å². The van der Waals surface area contributed by atoms with E-state index in [1.165, 1.54) is 5.56 Å². The van der Waals surface area contributed by atoms with Crippen LogP contribution in [0.2, 0.25) is 0 Å². The number of nitrogens with two attached hydrogens (primary N) is 1. The molecule has 0 spiro atoms. The van der Waals surface area contributed by atoms with Gasteiger partial charge in [0, 0.05) is 5.69 Å². The highest BCUT2D eigenvalue weighted by atomic mass is 32.1. The zero-order chi connectivity index (χ0) is 10.5. The first-order chi connectivity index (χ1) is 7.34. The van der Waals surface area contributed by atoms with Crippen molar-refractivity contribution in [2.75, 3.05) is 5.73 Å². The van der Waals surface area contributed by atoms with Gasteiger partial charge in [0.2, 0.25) is 0 Å². The summed E-state index contributed by atoms with van der Waals surface area (Å²) < 4.78 is 5.57. The molecule has 78 valence electrons. The van der Waals surface area contributed by atoms with E-state index in [-0.39, 0.29) is 0 Å². The Balaban J connectivity index is 1.81. The Bertz CT molecular complexity index is 394. The van der Waals surface area contributed by atoms with Crippen LogP contribution in [0.3, 0.4) is 0 Å². The SMILES string of the molecule is Nc1ccc(COCc2ccsc2)cc1. The van der Waals surface area contributed by atoms with Crippen molar-refractivity contribution < 1.29 is 4.74 Å². The van der Waals surface area contributed by atoms with Gasteiger partial charge in [0.15, 0.2) is 0 Å². The van der Waals surface area contributed by atoms with Crippen molar-refractivity contribution in [2.24, 2.45) is 0 Å². The van der Waals surface area contributed by atoms with Crippen molar-refractivity contribution in [2.45, 2.75) is 13.2 Å². The summed E-state index contributed by atoms with van der Waals surface area (Å²) in [7, 11) is 0. The summed E-state index contributed by atoms with van der Waals surface area (Å²) >= 11 is 1.69. The van der Waals surface area contributed by atoms with E-state index >= 15 is 0 Å². The smallest absolute Gasteiger partial charge is 0.0729 e. The highest BCUT2D eigenvalue weighted by Gasteiger charge is 1.95. The summed E-state index contributed by atoms with van der Waals surface area (Å²) in [5.74, 6) is 0. The van der Waals surface area contributed by atoms with Crippen LogP contribution in [0.15, 0.2) is 41.1 Å². The molecule has 2 nitrogen and oxygen atoms in total. The number of nitrogen functional groups attached to an aromatic ring is 1. The molecule has 0 aliphatic carbocycles. The van der Waals surface area contributed by atoms with Crippen molar-refractivity contribution in [1.29, 1.82) is 0 Å². The molecule has 0 atom stereocenters. The van der Waals surface area contributed by atoms with E-state index in [1.807, 2.05) is 24.3 Å². The Kier molecular flexibility index (Phi) is 3.37. The first kappa shape index (κ1) is 10.2. The first-order valence-corrected chi connectivity index (χ1v) is 5.72. The van der Waals surface area contributed by atoms with Gasteiger partial charge in [0.25, 0.3) is 0 Å². The Hall–Kier alpha value is -1.32. The number of hydrogen-bond donors (Lipinski definition) is 1. The third-order valence-electron chi connectivity index (χ3n) is 2.10. The quantitative estimate of drug-likeness (QED) is 0.802. The molecule has 0 bridgehead atoms. The fourth-order valence-electron chi connectivity index (χ4n) is 1.28. The van der Waals surface area contributed by atoms with E-state index in [4.69, 9.17) is 10.5 Å². The van der Waals surface area contributed by atoms with Gasteiger partial charge in [0.05, 0.1) is 13.2 Å². The van der Waals surface area contributed by atoms with Gasteiger partial charge in [-0.1, -0.05) is 12.1 Å². The Morgan fingerprint density at radius 3 is 2.40 bits per heavy atom. The predicted octanol–water partition coefficient (Wildman–Crippen LogP) is 3.05. The minimum Gasteiger partial charge on any atom is -0.399 e. The van der Waals surface area contributed by atoms with Crippen LogP contribution in [-0.4, -0.2) is 0 Å². The summed E-state index contributed by atoms with van der Waals surface area (Å²) in [5, 5.41) is 4.16. The summed E-state index contributed by atoms with van der Waals surface area (Å²) in [6, 6.07) is 9.84. The van der Waals surface area contributed by atoms with Gasteiger partial charge in [-0.05, 0) is 40.1 Å². The van der Waals surface area contributed by atoms with Gasteiger partial charge >= 0.3 is 0 Å². The molecule has 2 N–H and O–H groups in total. The van der Waals surface area contributed by atoms with Gasteiger partial charge in [-0.3, -0.25) is 0 Å². The van der Waals surface area contributed by atoms with Crippen molar-refractivity contribution in [1.82, 2.24) is 0 Å². The topological polar surface area (TPSA) is 35.2 Å². The fraction of sp³-hybridized carbons (Fsp3) is 0.167. The summed E-state index contributed by atoms with van der Waals surface area (Å²) in [6.45, 7) is 1.31.